The Morgan fingerprint density at radius 3 is 2.53 bits per heavy atom. The Hall–Kier alpha value is -3.61. The molecule has 2 aliphatic rings. The minimum atomic E-state index is -0.543. The lowest BCUT2D eigenvalue weighted by atomic mass is 9.86. The summed E-state index contributed by atoms with van der Waals surface area (Å²) >= 11 is 0. The molecule has 0 bridgehead atoms. The number of hydrogen-bond donors (Lipinski definition) is 1. The highest BCUT2D eigenvalue weighted by molar-refractivity contribution is 5.97. The minimum Gasteiger partial charge on any atom is -0.465 e. The first-order chi connectivity index (χ1) is 17.5. The molecule has 36 heavy (non-hydrogen) atoms. The summed E-state index contributed by atoms with van der Waals surface area (Å²) in [6.45, 7) is 2.91. The maximum Gasteiger partial charge on any atom is 0.337 e. The Kier molecular flexibility index (Phi) is 6.81. The van der Waals surface area contributed by atoms with Gasteiger partial charge in [-0.2, -0.15) is 0 Å². The van der Waals surface area contributed by atoms with Crippen molar-refractivity contribution in [3.8, 4) is 0 Å². The van der Waals surface area contributed by atoms with Crippen LogP contribution in [0.25, 0.3) is 10.9 Å². The van der Waals surface area contributed by atoms with E-state index in [1.165, 1.54) is 20.0 Å². The fourth-order valence-corrected chi connectivity index (χ4v) is 5.68. The number of H-pyrrole nitrogens is 1. The number of carbonyl (C=O) groups excluding carboxylic acids is 3. The zero-order valence-corrected chi connectivity index (χ0v) is 21.0. The molecule has 0 spiro atoms. The Morgan fingerprint density at radius 2 is 1.78 bits per heavy atom. The van der Waals surface area contributed by atoms with Crippen LogP contribution in [0.4, 0.5) is 0 Å². The molecule has 1 N–H and O–H groups in total. The number of hydrogen-bond acceptors (Lipinski definition) is 4. The highest BCUT2D eigenvalue weighted by Gasteiger charge is 2.48. The normalized spacial score (nSPS) is 19.4. The van der Waals surface area contributed by atoms with E-state index in [-0.39, 0.29) is 18.4 Å². The highest BCUT2D eigenvalue weighted by Crippen LogP contribution is 2.42. The largest absolute Gasteiger partial charge is 0.465 e. The summed E-state index contributed by atoms with van der Waals surface area (Å²) in [7, 11) is 1.35. The van der Waals surface area contributed by atoms with Crippen molar-refractivity contribution in [1.82, 2.24) is 14.8 Å². The van der Waals surface area contributed by atoms with Gasteiger partial charge in [-0.25, -0.2) is 4.79 Å². The van der Waals surface area contributed by atoms with E-state index >= 15 is 0 Å². The molecule has 2 aliphatic heterocycles. The molecule has 3 heterocycles. The SMILES string of the molecule is CCCCCCCN1CC(=O)N2[C@H](c3ccc(C(=O)OC)cc3)c3[nH]c4ccccc4c3C[C@H]2C1=O. The topological polar surface area (TPSA) is 82.7 Å². The first-order valence-electron chi connectivity index (χ1n) is 12.9. The number of methoxy groups -OCH3 is 1. The quantitative estimate of drug-likeness (QED) is 0.372. The van der Waals surface area contributed by atoms with Gasteiger partial charge in [0.1, 0.15) is 6.04 Å². The van der Waals surface area contributed by atoms with Gasteiger partial charge in [-0.1, -0.05) is 62.9 Å². The van der Waals surface area contributed by atoms with Gasteiger partial charge in [0.2, 0.25) is 11.8 Å². The molecular formula is C29H33N3O4. The van der Waals surface area contributed by atoms with E-state index in [0.717, 1.165) is 47.0 Å². The number of carbonyl (C=O) groups is 3. The maximum atomic E-state index is 13.7. The number of nitrogens with one attached hydrogen (secondary N) is 1. The van der Waals surface area contributed by atoms with Gasteiger partial charge < -0.3 is 19.5 Å². The highest BCUT2D eigenvalue weighted by atomic mass is 16.5. The fraction of sp³-hybridized carbons (Fsp3) is 0.414. The standard InChI is InChI=1S/C29H33N3O4/c1-3-4-5-6-9-16-31-18-25(33)32-24(28(31)34)17-22-21-10-7-8-11-23(21)30-26(22)27(32)19-12-14-20(15-13-19)29(35)36-2/h7-8,10-15,24,27,30H,3-6,9,16-18H2,1-2H3/t24-,27+/m0/s1. The Balaban J connectivity index is 1.51. The van der Waals surface area contributed by atoms with Crippen LogP contribution in [-0.2, 0) is 20.7 Å². The van der Waals surface area contributed by atoms with E-state index in [1.54, 1.807) is 21.9 Å². The average Bonchev–Trinajstić information content (AvgIpc) is 3.28. The number of piperazine rings is 1. The van der Waals surface area contributed by atoms with E-state index in [9.17, 15) is 14.4 Å². The summed E-state index contributed by atoms with van der Waals surface area (Å²) in [5, 5.41) is 1.08. The van der Waals surface area contributed by atoms with Gasteiger partial charge in [0, 0.05) is 29.6 Å². The average molecular weight is 488 g/mol. The second kappa shape index (κ2) is 10.2. The van der Waals surface area contributed by atoms with Crippen LogP contribution in [-0.4, -0.2) is 58.8 Å². The summed E-state index contributed by atoms with van der Waals surface area (Å²) < 4.78 is 4.84. The van der Waals surface area contributed by atoms with Crippen molar-refractivity contribution in [2.24, 2.45) is 0 Å². The van der Waals surface area contributed by atoms with E-state index in [0.29, 0.717) is 18.5 Å². The van der Waals surface area contributed by atoms with Crippen molar-refractivity contribution in [3.63, 3.8) is 0 Å². The van der Waals surface area contributed by atoms with Crippen molar-refractivity contribution in [2.75, 3.05) is 20.2 Å². The smallest absolute Gasteiger partial charge is 0.337 e. The molecular weight excluding hydrogens is 454 g/mol. The molecule has 7 nitrogen and oxygen atoms in total. The number of esters is 1. The number of aromatic amines is 1. The van der Waals surface area contributed by atoms with Gasteiger partial charge in [0.25, 0.3) is 0 Å². The summed E-state index contributed by atoms with van der Waals surface area (Å²) in [6.07, 6.45) is 6.01. The van der Waals surface area contributed by atoms with Crippen LogP contribution in [0.1, 0.15) is 72.2 Å². The van der Waals surface area contributed by atoms with E-state index < -0.39 is 18.1 Å². The minimum absolute atomic E-state index is 0.0252. The molecule has 1 fully saturated rings. The zero-order valence-electron chi connectivity index (χ0n) is 21.0. The zero-order chi connectivity index (χ0) is 25.2. The molecule has 0 aliphatic carbocycles. The molecule has 0 saturated carbocycles. The number of aromatic nitrogens is 1. The summed E-state index contributed by atoms with van der Waals surface area (Å²) in [5.74, 6) is -0.426. The van der Waals surface area contributed by atoms with E-state index in [4.69, 9.17) is 4.74 Å². The molecule has 5 rings (SSSR count). The number of ether oxygens (including phenoxy) is 1. The summed E-state index contributed by atoms with van der Waals surface area (Å²) in [4.78, 5) is 46.3. The number of nitrogens with zero attached hydrogens (tertiary/aromatic N) is 2. The van der Waals surface area contributed by atoms with Gasteiger partial charge in [0.15, 0.2) is 0 Å². The number of unbranched alkanes of at least 4 members (excludes halogenated alkanes) is 4. The van der Waals surface area contributed by atoms with Crippen molar-refractivity contribution in [3.05, 3.63) is 70.9 Å². The number of para-hydroxylation sites is 1. The third-order valence-corrected chi connectivity index (χ3v) is 7.52. The molecule has 2 aromatic carbocycles. The van der Waals surface area contributed by atoms with Gasteiger partial charge in [-0.15, -0.1) is 0 Å². The lowest BCUT2D eigenvalue weighted by molar-refractivity contribution is -0.158. The van der Waals surface area contributed by atoms with Crippen molar-refractivity contribution in [2.45, 2.75) is 57.5 Å². The van der Waals surface area contributed by atoms with Crippen LogP contribution < -0.4 is 0 Å². The Labute approximate surface area is 211 Å². The number of benzene rings is 2. The fourth-order valence-electron chi connectivity index (χ4n) is 5.68. The maximum absolute atomic E-state index is 13.7. The summed E-state index contributed by atoms with van der Waals surface area (Å²) in [5.41, 5.74) is 4.31. The second-order valence-electron chi connectivity index (χ2n) is 9.77. The third-order valence-electron chi connectivity index (χ3n) is 7.52. The van der Waals surface area contributed by atoms with Gasteiger partial charge >= 0.3 is 5.97 Å². The molecule has 1 saturated heterocycles. The van der Waals surface area contributed by atoms with Crippen LogP contribution >= 0.6 is 0 Å². The predicted octanol–water partition coefficient (Wildman–Crippen LogP) is 4.61. The van der Waals surface area contributed by atoms with Crippen LogP contribution in [0.3, 0.4) is 0 Å². The third kappa shape index (κ3) is 4.27. The molecule has 2 amide bonds. The van der Waals surface area contributed by atoms with Crippen molar-refractivity contribution < 1.29 is 19.1 Å². The van der Waals surface area contributed by atoms with Crippen molar-refractivity contribution in [1.29, 1.82) is 0 Å². The first kappa shape index (κ1) is 24.1. The van der Waals surface area contributed by atoms with Crippen LogP contribution in [0.5, 0.6) is 0 Å². The molecule has 0 unspecified atom stereocenters. The molecule has 1 aromatic heterocycles. The van der Waals surface area contributed by atoms with Crippen molar-refractivity contribution >= 4 is 28.7 Å². The lowest BCUT2D eigenvalue weighted by Crippen LogP contribution is -2.63. The molecule has 7 heteroatoms. The van der Waals surface area contributed by atoms with Gasteiger partial charge in [-0.3, -0.25) is 9.59 Å². The Bertz CT molecular complexity index is 1280. The molecule has 188 valence electrons. The predicted molar refractivity (Wildman–Crippen MR) is 138 cm³/mol. The number of fused-ring (bicyclic) bond motifs is 4. The lowest BCUT2D eigenvalue weighted by Gasteiger charge is -2.47. The van der Waals surface area contributed by atoms with Crippen LogP contribution in [0.2, 0.25) is 0 Å². The molecule has 3 aromatic rings. The van der Waals surface area contributed by atoms with Crippen LogP contribution in [0.15, 0.2) is 48.5 Å². The van der Waals surface area contributed by atoms with E-state index in [2.05, 4.69) is 18.0 Å². The second-order valence-corrected chi connectivity index (χ2v) is 9.77. The monoisotopic (exact) mass is 487 g/mol. The van der Waals surface area contributed by atoms with Crippen LogP contribution in [0, 0.1) is 0 Å². The number of rotatable bonds is 8. The Morgan fingerprint density at radius 1 is 1.03 bits per heavy atom. The van der Waals surface area contributed by atoms with Gasteiger partial charge in [0.05, 0.1) is 25.3 Å². The van der Waals surface area contributed by atoms with E-state index in [1.807, 2.05) is 30.3 Å². The summed E-state index contributed by atoms with van der Waals surface area (Å²) in [6, 6.07) is 14.2. The first-order valence-corrected chi connectivity index (χ1v) is 12.9. The molecule has 2 atom stereocenters. The van der Waals surface area contributed by atoms with Gasteiger partial charge in [-0.05, 0) is 35.7 Å². The number of amides is 2. The molecule has 0 radical (unpaired) electrons.